The summed E-state index contributed by atoms with van der Waals surface area (Å²) in [7, 11) is 4.55. The molecule has 0 aliphatic carbocycles. The number of nitrogens with zero attached hydrogens (tertiary/aromatic N) is 6. The van der Waals surface area contributed by atoms with Gasteiger partial charge in [0, 0.05) is 43.5 Å². The van der Waals surface area contributed by atoms with E-state index >= 15 is 0 Å². The summed E-state index contributed by atoms with van der Waals surface area (Å²) in [6, 6.07) is 8.39. The second kappa shape index (κ2) is 10.7. The maximum absolute atomic E-state index is 13.2. The third-order valence-corrected chi connectivity index (χ3v) is 6.33. The summed E-state index contributed by atoms with van der Waals surface area (Å²) >= 11 is 0. The second-order valence-electron chi connectivity index (χ2n) is 8.69. The molecule has 4 aromatic rings. The number of aromatic nitrogens is 5. The Balaban J connectivity index is 1.23. The van der Waals surface area contributed by atoms with Crippen LogP contribution in [0.5, 0.6) is 17.2 Å². The van der Waals surface area contributed by atoms with Crippen molar-refractivity contribution in [3.63, 3.8) is 0 Å². The van der Waals surface area contributed by atoms with Crippen molar-refractivity contribution >= 4 is 11.7 Å². The zero-order valence-electron chi connectivity index (χ0n) is 21.7. The van der Waals surface area contributed by atoms with Crippen LogP contribution in [0, 0.1) is 0 Å². The molecule has 210 valence electrons. The molecular formula is C25H24F3N7O5. The monoisotopic (exact) mass is 559 g/mol. The molecule has 1 aromatic carbocycles. The van der Waals surface area contributed by atoms with E-state index in [1.165, 1.54) is 27.5 Å². The molecule has 5 rings (SSSR count). The van der Waals surface area contributed by atoms with E-state index in [0.717, 1.165) is 0 Å². The van der Waals surface area contributed by atoms with Crippen LogP contribution in [-0.2, 0) is 6.18 Å². The van der Waals surface area contributed by atoms with Gasteiger partial charge in [0.1, 0.15) is 11.5 Å². The number of piperazine rings is 1. The van der Waals surface area contributed by atoms with Crippen LogP contribution in [0.2, 0.25) is 0 Å². The fraction of sp³-hybridized carbons (Fsp3) is 0.320. The summed E-state index contributed by atoms with van der Waals surface area (Å²) in [5.41, 5.74) is 1.84. The molecule has 0 bridgehead atoms. The number of alkyl halides is 3. The highest BCUT2D eigenvalue weighted by Gasteiger charge is 2.38. The molecule has 0 atom stereocenters. The Bertz CT molecular complexity index is 1470. The lowest BCUT2D eigenvalue weighted by Gasteiger charge is -2.35. The number of hydrogen-bond donors (Lipinski definition) is 1. The van der Waals surface area contributed by atoms with Crippen molar-refractivity contribution in [2.75, 3.05) is 52.4 Å². The van der Waals surface area contributed by atoms with E-state index in [0.29, 0.717) is 71.8 Å². The normalized spacial score (nSPS) is 13.8. The molecule has 1 fully saturated rings. The maximum Gasteiger partial charge on any atom is 0.471 e. The number of carbonyl (C=O) groups is 1. The molecule has 3 aromatic heterocycles. The van der Waals surface area contributed by atoms with Crippen LogP contribution >= 0.6 is 0 Å². The highest BCUT2D eigenvalue weighted by molar-refractivity contribution is 5.93. The Hall–Kier alpha value is -4.82. The third-order valence-electron chi connectivity index (χ3n) is 6.33. The van der Waals surface area contributed by atoms with Gasteiger partial charge in [0.2, 0.25) is 11.6 Å². The minimum Gasteiger partial charge on any atom is -0.493 e. The Labute approximate surface area is 225 Å². The first-order valence-corrected chi connectivity index (χ1v) is 12.0. The number of hydrogen-bond acceptors (Lipinski definition) is 10. The number of nitrogens with one attached hydrogen (secondary N) is 1. The van der Waals surface area contributed by atoms with Crippen molar-refractivity contribution in [3.8, 4) is 39.9 Å². The van der Waals surface area contributed by atoms with Crippen molar-refractivity contribution in [1.82, 2.24) is 30.2 Å². The average Bonchev–Trinajstić information content (AvgIpc) is 3.67. The minimum absolute atomic E-state index is 0.202. The topological polar surface area (TPSA) is 132 Å². The zero-order valence-corrected chi connectivity index (χ0v) is 21.7. The number of halogens is 3. The molecule has 40 heavy (non-hydrogen) atoms. The first-order valence-electron chi connectivity index (χ1n) is 12.0. The molecule has 1 N–H and O–H groups in total. The predicted molar refractivity (Wildman–Crippen MR) is 134 cm³/mol. The number of ether oxygens (including phenoxy) is 3. The number of benzene rings is 1. The lowest BCUT2D eigenvalue weighted by molar-refractivity contribution is -0.159. The number of anilines is 1. The maximum atomic E-state index is 13.2. The van der Waals surface area contributed by atoms with Gasteiger partial charge < -0.3 is 28.5 Å². The summed E-state index contributed by atoms with van der Waals surface area (Å²) in [6.45, 7) is 1.87. The van der Waals surface area contributed by atoms with Crippen LogP contribution in [0.4, 0.5) is 19.0 Å². The van der Waals surface area contributed by atoms with E-state index < -0.39 is 12.1 Å². The smallest absolute Gasteiger partial charge is 0.471 e. The molecule has 15 heteroatoms. The van der Waals surface area contributed by atoms with E-state index in [4.69, 9.17) is 14.2 Å². The lowest BCUT2D eigenvalue weighted by Crippen LogP contribution is -2.49. The second-order valence-corrected chi connectivity index (χ2v) is 8.69. The Morgan fingerprint density at radius 1 is 0.975 bits per heavy atom. The number of aromatic amines is 1. The van der Waals surface area contributed by atoms with E-state index in [2.05, 4.69) is 29.8 Å². The SMILES string of the molecule is COc1cc(-c2cc(C(=O)N3CCN(c4ccc(-c5noc(C(F)(F)F)n5)cn4)CC3)[nH]n2)cc(OC)c1OC. The van der Waals surface area contributed by atoms with E-state index in [-0.39, 0.29) is 11.7 Å². The Morgan fingerprint density at radius 2 is 1.68 bits per heavy atom. The average molecular weight is 560 g/mol. The lowest BCUT2D eigenvalue weighted by atomic mass is 10.1. The number of amides is 1. The van der Waals surface area contributed by atoms with Crippen LogP contribution in [0.15, 0.2) is 41.1 Å². The molecule has 1 saturated heterocycles. The van der Waals surface area contributed by atoms with Crippen LogP contribution < -0.4 is 19.1 Å². The molecule has 1 aliphatic heterocycles. The standard InChI is InChI=1S/C25H24F3N7O5/c1-37-18-10-15(11-19(38-2)21(18)39-3)16-12-17(32-31-16)23(36)35-8-6-34(7-9-35)20-5-4-14(13-29-20)22-30-24(40-33-22)25(26,27)28/h4-5,10-13H,6-9H2,1-3H3,(H,31,32). The molecular weight excluding hydrogens is 535 g/mol. The molecule has 1 aliphatic rings. The summed E-state index contributed by atoms with van der Waals surface area (Å²) in [4.78, 5) is 24.5. The summed E-state index contributed by atoms with van der Waals surface area (Å²) < 4.78 is 58.6. The van der Waals surface area contributed by atoms with Gasteiger partial charge in [0.15, 0.2) is 11.5 Å². The van der Waals surface area contributed by atoms with Gasteiger partial charge in [-0.3, -0.25) is 9.89 Å². The number of carbonyl (C=O) groups excluding carboxylic acids is 1. The van der Waals surface area contributed by atoms with Crippen molar-refractivity contribution < 1.29 is 36.7 Å². The van der Waals surface area contributed by atoms with Crippen molar-refractivity contribution in [2.45, 2.75) is 6.18 Å². The Morgan fingerprint density at radius 3 is 2.23 bits per heavy atom. The fourth-order valence-corrected chi connectivity index (χ4v) is 4.28. The van der Waals surface area contributed by atoms with E-state index in [1.807, 2.05) is 4.90 Å². The Kier molecular flexibility index (Phi) is 7.19. The van der Waals surface area contributed by atoms with E-state index in [9.17, 15) is 18.0 Å². The van der Waals surface area contributed by atoms with Crippen LogP contribution in [0.25, 0.3) is 22.6 Å². The van der Waals surface area contributed by atoms with Gasteiger partial charge in [-0.2, -0.15) is 23.3 Å². The highest BCUT2D eigenvalue weighted by Crippen LogP contribution is 2.41. The van der Waals surface area contributed by atoms with Gasteiger partial charge in [-0.25, -0.2) is 4.98 Å². The molecule has 4 heterocycles. The van der Waals surface area contributed by atoms with Crippen LogP contribution in [-0.4, -0.2) is 83.6 Å². The third kappa shape index (κ3) is 5.21. The molecule has 0 saturated carbocycles. The van der Waals surface area contributed by atoms with Crippen molar-refractivity contribution in [1.29, 1.82) is 0 Å². The van der Waals surface area contributed by atoms with Gasteiger partial charge in [0.25, 0.3) is 5.91 Å². The summed E-state index contributed by atoms with van der Waals surface area (Å²) in [5.74, 6) is 0.177. The zero-order chi connectivity index (χ0) is 28.4. The predicted octanol–water partition coefficient (Wildman–Crippen LogP) is 3.53. The van der Waals surface area contributed by atoms with Crippen molar-refractivity contribution in [3.05, 3.63) is 48.1 Å². The molecule has 1 amide bonds. The number of rotatable bonds is 7. The van der Waals surface area contributed by atoms with Gasteiger partial charge in [0.05, 0.1) is 27.0 Å². The molecule has 0 unspecified atom stereocenters. The van der Waals surface area contributed by atoms with Gasteiger partial charge in [-0.05, 0) is 30.3 Å². The molecule has 0 spiro atoms. The molecule has 12 nitrogen and oxygen atoms in total. The number of pyridine rings is 1. The first-order chi connectivity index (χ1) is 19.2. The quantitative estimate of drug-likeness (QED) is 0.359. The first kappa shape index (κ1) is 26.8. The highest BCUT2D eigenvalue weighted by atomic mass is 19.4. The van der Waals surface area contributed by atoms with Gasteiger partial charge in [-0.15, -0.1) is 0 Å². The van der Waals surface area contributed by atoms with Gasteiger partial charge >= 0.3 is 12.1 Å². The number of methoxy groups -OCH3 is 3. The fourth-order valence-electron chi connectivity index (χ4n) is 4.28. The van der Waals surface area contributed by atoms with Crippen LogP contribution in [0.1, 0.15) is 16.4 Å². The largest absolute Gasteiger partial charge is 0.493 e. The van der Waals surface area contributed by atoms with Crippen LogP contribution in [0.3, 0.4) is 0 Å². The summed E-state index contributed by atoms with van der Waals surface area (Å²) in [6.07, 6.45) is -3.34. The van der Waals surface area contributed by atoms with Crippen molar-refractivity contribution in [2.24, 2.45) is 0 Å². The summed E-state index contributed by atoms with van der Waals surface area (Å²) in [5, 5.41) is 10.5. The van der Waals surface area contributed by atoms with E-state index in [1.54, 1.807) is 35.2 Å². The number of H-pyrrole nitrogens is 1. The minimum atomic E-state index is -4.72. The van der Waals surface area contributed by atoms with Gasteiger partial charge in [-0.1, -0.05) is 5.16 Å². The molecule has 0 radical (unpaired) electrons.